The van der Waals surface area contributed by atoms with Gasteiger partial charge in [0.2, 0.25) is 5.91 Å². The van der Waals surface area contributed by atoms with Crippen molar-refractivity contribution in [3.8, 4) is 17.2 Å². The molecule has 0 fully saturated rings. The van der Waals surface area contributed by atoms with Gasteiger partial charge in [-0.05, 0) is 59.7 Å². The third-order valence-electron chi connectivity index (χ3n) is 6.22. The van der Waals surface area contributed by atoms with E-state index < -0.39 is 23.8 Å². The first-order chi connectivity index (χ1) is 19.5. The van der Waals surface area contributed by atoms with Crippen LogP contribution in [0, 0.1) is 0 Å². The first-order valence-electron chi connectivity index (χ1n) is 12.6. The van der Waals surface area contributed by atoms with Crippen LogP contribution in [-0.2, 0) is 11.4 Å². The summed E-state index contributed by atoms with van der Waals surface area (Å²) in [5, 5.41) is 5.58. The maximum absolute atomic E-state index is 13.5. The molecular weight excluding hydrogens is 510 g/mol. The minimum atomic E-state index is -1.07. The molecule has 0 spiro atoms. The van der Waals surface area contributed by atoms with Gasteiger partial charge in [0.05, 0.1) is 0 Å². The van der Waals surface area contributed by atoms with Crippen molar-refractivity contribution in [2.75, 3.05) is 18.5 Å². The fraction of sp³-hybridized carbons (Fsp3) is 0.129. The summed E-state index contributed by atoms with van der Waals surface area (Å²) >= 11 is 0. The fourth-order valence-electron chi connectivity index (χ4n) is 4.16. The molecule has 4 aromatic carbocycles. The molecule has 0 aromatic heterocycles. The summed E-state index contributed by atoms with van der Waals surface area (Å²) in [6, 6.07) is 26.7. The second kappa shape index (κ2) is 12.0. The van der Waals surface area contributed by atoms with Crippen molar-refractivity contribution < 1.29 is 28.6 Å². The van der Waals surface area contributed by atoms with Gasteiger partial charge in [0.15, 0.2) is 11.5 Å². The first-order valence-corrected chi connectivity index (χ1v) is 12.6. The lowest BCUT2D eigenvalue weighted by atomic mass is 10.0. The normalized spacial score (nSPS) is 12.6. The molecule has 40 heavy (non-hydrogen) atoms. The van der Waals surface area contributed by atoms with Gasteiger partial charge in [0, 0.05) is 16.8 Å². The Labute approximate surface area is 230 Å². The summed E-state index contributed by atoms with van der Waals surface area (Å²) in [5.74, 6) is 0.0169. The van der Waals surface area contributed by atoms with E-state index in [2.05, 4.69) is 10.6 Å². The number of primary amides is 1. The van der Waals surface area contributed by atoms with Gasteiger partial charge in [-0.1, -0.05) is 48.5 Å². The monoisotopic (exact) mass is 537 g/mol. The number of ether oxygens (including phenoxy) is 3. The van der Waals surface area contributed by atoms with Gasteiger partial charge in [0.25, 0.3) is 11.8 Å². The number of fused-ring (bicyclic) bond motifs is 1. The van der Waals surface area contributed by atoms with Crippen LogP contribution in [0.1, 0.15) is 37.9 Å². The Morgan fingerprint density at radius 1 is 0.800 bits per heavy atom. The number of carbonyl (C=O) groups is 3. The predicted octanol–water partition coefficient (Wildman–Crippen LogP) is 4.25. The van der Waals surface area contributed by atoms with E-state index in [1.165, 1.54) is 6.07 Å². The summed E-state index contributed by atoms with van der Waals surface area (Å²) in [4.78, 5) is 38.3. The van der Waals surface area contributed by atoms with Gasteiger partial charge in [0.1, 0.15) is 31.6 Å². The Morgan fingerprint density at radius 2 is 1.55 bits per heavy atom. The zero-order chi connectivity index (χ0) is 27.9. The van der Waals surface area contributed by atoms with Crippen molar-refractivity contribution in [1.82, 2.24) is 5.32 Å². The van der Waals surface area contributed by atoms with Crippen molar-refractivity contribution in [2.45, 2.75) is 12.6 Å². The van der Waals surface area contributed by atoms with Crippen LogP contribution >= 0.6 is 0 Å². The van der Waals surface area contributed by atoms with E-state index in [1.54, 1.807) is 60.7 Å². The Kier molecular flexibility index (Phi) is 7.92. The van der Waals surface area contributed by atoms with Gasteiger partial charge >= 0.3 is 0 Å². The number of amides is 3. The third-order valence-corrected chi connectivity index (χ3v) is 6.22. The van der Waals surface area contributed by atoms with Crippen LogP contribution in [0.3, 0.4) is 0 Å². The molecule has 9 heteroatoms. The molecule has 1 atom stereocenters. The maximum atomic E-state index is 13.5. The zero-order valence-corrected chi connectivity index (χ0v) is 21.5. The van der Waals surface area contributed by atoms with Crippen molar-refractivity contribution in [1.29, 1.82) is 0 Å². The molecule has 0 radical (unpaired) electrons. The minimum Gasteiger partial charge on any atom is -0.489 e. The molecule has 4 aromatic rings. The quantitative estimate of drug-likeness (QED) is 0.293. The largest absolute Gasteiger partial charge is 0.489 e. The van der Waals surface area contributed by atoms with E-state index in [0.717, 1.165) is 5.56 Å². The van der Waals surface area contributed by atoms with Crippen LogP contribution in [0.2, 0.25) is 0 Å². The Hall–Kier alpha value is -5.31. The number of benzene rings is 4. The van der Waals surface area contributed by atoms with E-state index in [1.807, 2.05) is 30.3 Å². The van der Waals surface area contributed by atoms with Crippen LogP contribution in [0.5, 0.6) is 17.2 Å². The molecule has 0 unspecified atom stereocenters. The molecule has 1 heterocycles. The van der Waals surface area contributed by atoms with Crippen molar-refractivity contribution in [3.05, 3.63) is 119 Å². The van der Waals surface area contributed by atoms with Crippen LogP contribution in [0.15, 0.2) is 97.1 Å². The zero-order valence-electron chi connectivity index (χ0n) is 21.5. The van der Waals surface area contributed by atoms with Crippen molar-refractivity contribution in [2.24, 2.45) is 5.73 Å². The van der Waals surface area contributed by atoms with Gasteiger partial charge in [-0.2, -0.15) is 0 Å². The van der Waals surface area contributed by atoms with E-state index in [-0.39, 0.29) is 5.56 Å². The Morgan fingerprint density at radius 3 is 2.30 bits per heavy atom. The maximum Gasteiger partial charge on any atom is 0.252 e. The first kappa shape index (κ1) is 26.3. The lowest BCUT2D eigenvalue weighted by molar-refractivity contribution is -0.118. The summed E-state index contributed by atoms with van der Waals surface area (Å²) in [7, 11) is 0. The molecule has 0 saturated heterocycles. The number of nitrogens with two attached hydrogens (primary N) is 1. The SMILES string of the molecule is NC(=O)c1cccc(NC(=O)[C@@H](NC(=O)c2ccc3c(c2)OCCO3)c2ccc(OCc3ccccc3)cc2)c1. The highest BCUT2D eigenvalue weighted by atomic mass is 16.6. The van der Waals surface area contributed by atoms with Gasteiger partial charge in [-0.15, -0.1) is 0 Å². The number of carbonyl (C=O) groups excluding carboxylic acids is 3. The highest BCUT2D eigenvalue weighted by Crippen LogP contribution is 2.31. The van der Waals surface area contributed by atoms with Gasteiger partial charge in [-0.25, -0.2) is 0 Å². The predicted molar refractivity (Wildman–Crippen MR) is 148 cm³/mol. The highest BCUT2D eigenvalue weighted by Gasteiger charge is 2.25. The lowest BCUT2D eigenvalue weighted by Crippen LogP contribution is -2.37. The molecule has 1 aliphatic rings. The number of hydrogen-bond donors (Lipinski definition) is 3. The summed E-state index contributed by atoms with van der Waals surface area (Å²) in [5.41, 5.74) is 7.85. The molecule has 1 aliphatic heterocycles. The number of nitrogens with one attached hydrogen (secondary N) is 2. The van der Waals surface area contributed by atoms with Crippen LogP contribution in [-0.4, -0.2) is 30.9 Å². The van der Waals surface area contributed by atoms with E-state index in [4.69, 9.17) is 19.9 Å². The third kappa shape index (κ3) is 6.39. The molecule has 9 nitrogen and oxygen atoms in total. The minimum absolute atomic E-state index is 0.245. The molecular formula is C31H27N3O6. The average Bonchev–Trinajstić information content (AvgIpc) is 2.99. The van der Waals surface area contributed by atoms with Gasteiger partial charge < -0.3 is 30.6 Å². The van der Waals surface area contributed by atoms with E-state index in [9.17, 15) is 14.4 Å². The van der Waals surface area contributed by atoms with Crippen LogP contribution in [0.25, 0.3) is 0 Å². The van der Waals surface area contributed by atoms with E-state index in [0.29, 0.717) is 53.9 Å². The van der Waals surface area contributed by atoms with Crippen molar-refractivity contribution >= 4 is 23.4 Å². The fourth-order valence-corrected chi connectivity index (χ4v) is 4.16. The second-order valence-electron chi connectivity index (χ2n) is 9.04. The smallest absolute Gasteiger partial charge is 0.252 e. The molecule has 0 bridgehead atoms. The second-order valence-corrected chi connectivity index (χ2v) is 9.04. The summed E-state index contributed by atoms with van der Waals surface area (Å²) < 4.78 is 17.0. The lowest BCUT2D eigenvalue weighted by Gasteiger charge is -2.21. The standard InChI is InChI=1S/C31H27N3O6/c32-29(35)22-7-4-8-24(17-22)33-31(37)28(34-30(36)23-11-14-26-27(18-23)39-16-15-38-26)21-9-12-25(13-10-21)40-19-20-5-2-1-3-6-20/h1-14,17-18,28H,15-16,19H2,(H2,32,35)(H,33,37)(H,34,36)/t28-/m0/s1. The summed E-state index contributed by atoms with van der Waals surface area (Å²) in [6.07, 6.45) is 0. The Bertz CT molecular complexity index is 1520. The molecule has 5 rings (SSSR count). The molecule has 4 N–H and O–H groups in total. The number of anilines is 1. The summed E-state index contributed by atoms with van der Waals surface area (Å²) in [6.45, 7) is 1.20. The van der Waals surface area contributed by atoms with Crippen LogP contribution < -0.4 is 30.6 Å². The number of hydrogen-bond acceptors (Lipinski definition) is 6. The topological polar surface area (TPSA) is 129 Å². The molecule has 3 amide bonds. The van der Waals surface area contributed by atoms with E-state index >= 15 is 0 Å². The average molecular weight is 538 g/mol. The van der Waals surface area contributed by atoms with Crippen molar-refractivity contribution in [3.63, 3.8) is 0 Å². The number of rotatable bonds is 9. The van der Waals surface area contributed by atoms with Gasteiger partial charge in [-0.3, -0.25) is 14.4 Å². The highest BCUT2D eigenvalue weighted by molar-refractivity contribution is 6.02. The molecule has 202 valence electrons. The molecule has 0 aliphatic carbocycles. The van der Waals surface area contributed by atoms with Crippen LogP contribution in [0.4, 0.5) is 5.69 Å². The molecule has 0 saturated carbocycles. The Balaban J connectivity index is 1.37.